The van der Waals surface area contributed by atoms with Gasteiger partial charge in [0.05, 0.1) is 0 Å². The van der Waals surface area contributed by atoms with Crippen LogP contribution < -0.4 is 9.05 Å². The molecule has 0 spiro atoms. The molecular formula is C51H85O8P. The van der Waals surface area contributed by atoms with E-state index in [0.29, 0.717) is 17.9 Å². The monoisotopic (exact) mass is 857 g/mol. The molecule has 0 heterocycles. The Hall–Kier alpha value is -2.83. The highest BCUT2D eigenvalue weighted by molar-refractivity contribution is 7.49. The van der Waals surface area contributed by atoms with Crippen LogP contribution in [0.4, 0.5) is 0 Å². The second-order valence-electron chi connectivity index (χ2n) is 16.7. The largest absolute Gasteiger partial charge is 0.587 e. The molecule has 0 bridgehead atoms. The lowest BCUT2D eigenvalue weighted by Crippen LogP contribution is -2.30. The fourth-order valence-corrected chi connectivity index (χ4v) is 8.62. The van der Waals surface area contributed by atoms with Gasteiger partial charge in [-0.3, -0.25) is 14.1 Å². The van der Waals surface area contributed by atoms with Gasteiger partial charge in [-0.25, -0.2) is 4.57 Å². The number of hydrogen-bond acceptors (Lipinski definition) is 8. The summed E-state index contributed by atoms with van der Waals surface area (Å²) in [5.74, 6) is -0.154. The van der Waals surface area contributed by atoms with E-state index in [1.54, 1.807) is 48.5 Å². The molecule has 0 N–H and O–H groups in total. The second kappa shape index (κ2) is 37.9. The summed E-state index contributed by atoms with van der Waals surface area (Å²) in [4.78, 5) is 25.8. The summed E-state index contributed by atoms with van der Waals surface area (Å²) >= 11 is 0. The summed E-state index contributed by atoms with van der Waals surface area (Å²) in [6, 6.07) is 17.3. The maximum atomic E-state index is 14.0. The van der Waals surface area contributed by atoms with Gasteiger partial charge in [0.1, 0.15) is 24.7 Å². The molecule has 2 aromatic rings. The van der Waals surface area contributed by atoms with Gasteiger partial charge in [-0.1, -0.05) is 230 Å². The van der Waals surface area contributed by atoms with E-state index in [4.69, 9.17) is 23.0 Å². The number of rotatable bonds is 42. The summed E-state index contributed by atoms with van der Waals surface area (Å²) < 4.78 is 42.6. The smallest absolute Gasteiger partial charge is 0.462 e. The Kier molecular flexibility index (Phi) is 33.7. The molecule has 0 saturated heterocycles. The van der Waals surface area contributed by atoms with Crippen molar-refractivity contribution in [3.63, 3.8) is 0 Å². The van der Waals surface area contributed by atoms with Crippen molar-refractivity contribution in [1.82, 2.24) is 0 Å². The highest BCUT2D eigenvalue weighted by atomic mass is 31.2. The summed E-state index contributed by atoms with van der Waals surface area (Å²) in [6.45, 7) is 3.98. The molecular weight excluding hydrogens is 772 g/mol. The van der Waals surface area contributed by atoms with E-state index in [1.165, 1.54) is 154 Å². The zero-order chi connectivity index (χ0) is 43.0. The first-order chi connectivity index (χ1) is 29.4. The molecule has 0 aromatic heterocycles. The third-order valence-corrected chi connectivity index (χ3v) is 12.4. The van der Waals surface area contributed by atoms with Crippen LogP contribution in [0.25, 0.3) is 0 Å². The minimum atomic E-state index is -4.24. The minimum Gasteiger partial charge on any atom is -0.462 e. The molecule has 0 aliphatic heterocycles. The van der Waals surface area contributed by atoms with Crippen LogP contribution in [0.15, 0.2) is 60.7 Å². The van der Waals surface area contributed by atoms with Crippen molar-refractivity contribution in [3.05, 3.63) is 60.7 Å². The van der Waals surface area contributed by atoms with Crippen LogP contribution >= 0.6 is 7.82 Å². The first kappa shape index (κ1) is 53.3. The van der Waals surface area contributed by atoms with Crippen LogP contribution in [0.2, 0.25) is 0 Å². The average molecular weight is 857 g/mol. The average Bonchev–Trinajstić information content (AvgIpc) is 3.25. The van der Waals surface area contributed by atoms with Crippen molar-refractivity contribution in [1.29, 1.82) is 0 Å². The van der Waals surface area contributed by atoms with Crippen LogP contribution in [-0.4, -0.2) is 31.3 Å². The number of carbonyl (C=O) groups is 2. The lowest BCUT2D eigenvalue weighted by Gasteiger charge is -2.22. The quantitative estimate of drug-likeness (QED) is 0.0370. The molecule has 342 valence electrons. The lowest BCUT2D eigenvalue weighted by atomic mass is 10.0. The number of ether oxygens (including phenoxy) is 2. The number of benzene rings is 2. The Bertz CT molecular complexity index is 1280. The fraction of sp³-hybridized carbons (Fsp3) is 0.725. The molecule has 0 amide bonds. The SMILES string of the molecule is CCCCCCCCCCCCCCCCCC(=O)OC[C@@H](COP(=O)(Oc1ccccc1)Oc1ccccc1)OC(=O)CCCCCCCCCCCCCCCCC. The molecule has 2 rings (SSSR count). The molecule has 60 heavy (non-hydrogen) atoms. The van der Waals surface area contributed by atoms with E-state index >= 15 is 0 Å². The molecule has 0 aliphatic carbocycles. The van der Waals surface area contributed by atoms with Crippen LogP contribution in [0.5, 0.6) is 11.5 Å². The van der Waals surface area contributed by atoms with Gasteiger partial charge in [0.2, 0.25) is 0 Å². The van der Waals surface area contributed by atoms with E-state index in [-0.39, 0.29) is 25.6 Å². The molecule has 9 heteroatoms. The van der Waals surface area contributed by atoms with Gasteiger partial charge in [-0.05, 0) is 37.1 Å². The topological polar surface area (TPSA) is 97.4 Å². The summed E-state index contributed by atoms with van der Waals surface area (Å²) in [5, 5.41) is 0. The van der Waals surface area contributed by atoms with E-state index in [2.05, 4.69) is 13.8 Å². The number of para-hydroxylation sites is 2. The lowest BCUT2D eigenvalue weighted by molar-refractivity contribution is -0.161. The number of unbranched alkanes of at least 4 members (excludes halogenated alkanes) is 28. The van der Waals surface area contributed by atoms with Crippen molar-refractivity contribution >= 4 is 19.8 Å². The first-order valence-corrected chi connectivity index (χ1v) is 26.0. The fourth-order valence-electron chi connectivity index (χ4n) is 7.37. The third kappa shape index (κ3) is 31.1. The molecule has 2 aromatic carbocycles. The number of phosphoric ester groups is 1. The molecule has 0 radical (unpaired) electrons. The molecule has 0 aliphatic rings. The van der Waals surface area contributed by atoms with E-state index in [9.17, 15) is 14.2 Å². The minimum absolute atomic E-state index is 0.209. The van der Waals surface area contributed by atoms with E-state index in [0.717, 1.165) is 38.5 Å². The Morgan fingerprint density at radius 2 is 0.750 bits per heavy atom. The summed E-state index contributed by atoms with van der Waals surface area (Å²) in [6.07, 6.45) is 37.1. The highest BCUT2D eigenvalue weighted by Gasteiger charge is 2.33. The molecule has 1 atom stereocenters. The van der Waals surface area contributed by atoms with Gasteiger partial charge in [-0.15, -0.1) is 0 Å². The molecule has 0 fully saturated rings. The van der Waals surface area contributed by atoms with Crippen LogP contribution in [0.1, 0.15) is 219 Å². The number of esters is 2. The van der Waals surface area contributed by atoms with Gasteiger partial charge >= 0.3 is 19.8 Å². The van der Waals surface area contributed by atoms with Crippen molar-refractivity contribution in [2.75, 3.05) is 13.2 Å². The third-order valence-electron chi connectivity index (χ3n) is 11.0. The number of carbonyl (C=O) groups excluding carboxylic acids is 2. The van der Waals surface area contributed by atoms with Crippen LogP contribution in [0.3, 0.4) is 0 Å². The predicted molar refractivity (Wildman–Crippen MR) is 248 cm³/mol. The highest BCUT2D eigenvalue weighted by Crippen LogP contribution is 2.49. The number of hydrogen-bond donors (Lipinski definition) is 0. The standard InChI is InChI=1S/C51H85O8P/c1-3-5-7-9-11-13-15-17-19-21-23-25-27-29-37-43-50(52)55-45-49(46-56-60(54,58-47-39-33-31-34-40-47)59-48-41-35-32-36-42-48)57-51(53)44-38-30-28-26-24-22-20-18-16-14-12-10-8-6-4-2/h31-36,39-42,49H,3-30,37-38,43-46H2,1-2H3/t49-/m0/s1. The Morgan fingerprint density at radius 3 is 1.10 bits per heavy atom. The van der Waals surface area contributed by atoms with Gasteiger partial charge in [0, 0.05) is 12.8 Å². The molecule has 0 unspecified atom stereocenters. The second-order valence-corrected chi connectivity index (χ2v) is 18.3. The maximum Gasteiger partial charge on any atom is 0.587 e. The van der Waals surface area contributed by atoms with Crippen LogP contribution in [0, 0.1) is 0 Å². The van der Waals surface area contributed by atoms with Gasteiger partial charge in [0.15, 0.2) is 6.10 Å². The summed E-state index contributed by atoms with van der Waals surface area (Å²) in [7, 11) is -4.24. The maximum absolute atomic E-state index is 14.0. The van der Waals surface area contributed by atoms with Crippen molar-refractivity contribution < 1.29 is 37.2 Å². The Morgan fingerprint density at radius 1 is 0.433 bits per heavy atom. The predicted octanol–water partition coefficient (Wildman–Crippen LogP) is 16.2. The zero-order valence-corrected chi connectivity index (χ0v) is 39.0. The number of phosphoric acid groups is 1. The van der Waals surface area contributed by atoms with Gasteiger partial charge in [-0.2, -0.15) is 0 Å². The van der Waals surface area contributed by atoms with E-state index in [1.807, 2.05) is 12.1 Å². The van der Waals surface area contributed by atoms with E-state index < -0.39 is 19.9 Å². The molecule has 0 saturated carbocycles. The van der Waals surface area contributed by atoms with Gasteiger partial charge < -0.3 is 18.5 Å². The Labute approximate surface area is 366 Å². The zero-order valence-electron chi connectivity index (χ0n) is 38.1. The normalized spacial score (nSPS) is 12.0. The van der Waals surface area contributed by atoms with Crippen molar-refractivity contribution in [3.8, 4) is 11.5 Å². The van der Waals surface area contributed by atoms with Crippen LogP contribution in [-0.2, 0) is 28.2 Å². The van der Waals surface area contributed by atoms with Crippen molar-refractivity contribution in [2.45, 2.75) is 225 Å². The van der Waals surface area contributed by atoms with Crippen molar-refractivity contribution in [2.24, 2.45) is 0 Å². The first-order valence-electron chi connectivity index (χ1n) is 24.5. The summed E-state index contributed by atoms with van der Waals surface area (Å²) in [5.41, 5.74) is 0. The van der Waals surface area contributed by atoms with Gasteiger partial charge in [0.25, 0.3) is 0 Å². The molecule has 8 nitrogen and oxygen atoms in total. The Balaban J connectivity index is 1.75.